The summed E-state index contributed by atoms with van der Waals surface area (Å²) in [5, 5.41) is 24.2. The van der Waals surface area contributed by atoms with Crippen molar-refractivity contribution < 1.29 is 49.6 Å². The number of aromatic amines is 4. The molecule has 4 amide bonds. The van der Waals surface area contributed by atoms with Crippen molar-refractivity contribution in [2.45, 2.75) is 131 Å². The topological polar surface area (TPSA) is 386 Å². The summed E-state index contributed by atoms with van der Waals surface area (Å²) in [5.74, 6) is 2.27. The summed E-state index contributed by atoms with van der Waals surface area (Å²) in [6.45, 7) is 22.6. The van der Waals surface area contributed by atoms with Gasteiger partial charge < -0.3 is 62.1 Å². The molecule has 0 spiro atoms. The molecule has 0 bridgehead atoms. The van der Waals surface area contributed by atoms with E-state index in [1.165, 1.54) is 32.4 Å². The molecule has 1 fully saturated rings. The SMILES string of the molecule is CCCNC(=O)C(C)(C)Nc1nc(-c2c[nH]c3ncc(Cl)cc23)ncc1C.CCNC(=O)C(C)(C)Nc1ncnc(-c2c[nH]c3ncc(F)cc23)n1.CCNC(=O)[C@@]1(C)CCCN1c1ccnc(-c2c[nH]c3ncc(Cl)cc23)n1.Cc1cnc(-c2c[nH]c3ncc(Cl)cc23)nc1NC(C)(C)C(=O)NCC(F)(F)F.[HH].[HH].[HH].[HH].[HH].[HH].[HH].[HH].[HH]. The number of likely N-dealkylation sites (N-methyl/N-ethyl adjacent to an activating group) is 2. The minimum atomic E-state index is -4.49. The molecule has 12 aromatic rings. The van der Waals surface area contributed by atoms with Gasteiger partial charge in [-0.15, -0.1) is 0 Å². The Hall–Kier alpha value is -11.3. The molecular weight excluding hydrogens is 1460 g/mol. The van der Waals surface area contributed by atoms with Crippen LogP contribution in [-0.2, 0) is 19.2 Å². The molecule has 1 aliphatic heterocycles. The number of fused-ring (bicyclic) bond motifs is 4. The fourth-order valence-electron chi connectivity index (χ4n) is 11.4. The van der Waals surface area contributed by atoms with Crippen LogP contribution in [0.1, 0.15) is 112 Å². The molecule has 11 N–H and O–H groups in total. The molecule has 108 heavy (non-hydrogen) atoms. The largest absolute Gasteiger partial charge is 0.405 e. The first kappa shape index (κ1) is 79.2. The minimum Gasteiger partial charge on any atom is -0.356 e. The third-order valence-corrected chi connectivity index (χ3v) is 17.8. The highest BCUT2D eigenvalue weighted by atomic mass is 35.5. The first-order valence-corrected chi connectivity index (χ1v) is 35.4. The smallest absolute Gasteiger partial charge is 0.356 e. The summed E-state index contributed by atoms with van der Waals surface area (Å²) in [7, 11) is 0. The van der Waals surface area contributed by atoms with Gasteiger partial charge in [0.05, 0.1) is 21.3 Å². The van der Waals surface area contributed by atoms with Gasteiger partial charge in [0, 0.05) is 156 Å². The van der Waals surface area contributed by atoms with E-state index in [1.54, 1.807) is 70.2 Å². The maximum Gasteiger partial charge on any atom is 0.405 e. The molecule has 584 valence electrons. The minimum absolute atomic E-state index is 0. The second-order valence-electron chi connectivity index (χ2n) is 26.9. The predicted molar refractivity (Wildman–Crippen MR) is 428 cm³/mol. The first-order valence-electron chi connectivity index (χ1n) is 34.2. The average Bonchev–Trinajstić information content (AvgIpc) is 1.67. The lowest BCUT2D eigenvalue weighted by atomic mass is 9.97. The number of halogens is 7. The Morgan fingerprint density at radius 1 is 0.537 bits per heavy atom. The molecule has 0 aliphatic carbocycles. The first-order chi connectivity index (χ1) is 51.2. The van der Waals surface area contributed by atoms with Crippen molar-refractivity contribution in [1.82, 2.24) is 106 Å². The molecule has 1 saturated heterocycles. The molecule has 1 atom stereocenters. The van der Waals surface area contributed by atoms with Crippen molar-refractivity contribution in [2.75, 3.05) is 53.6 Å². The number of carbonyl (C=O) groups excluding carboxylic acids is 4. The lowest BCUT2D eigenvalue weighted by molar-refractivity contribution is -0.140. The van der Waals surface area contributed by atoms with Gasteiger partial charge in [0.25, 0.3) is 0 Å². The summed E-state index contributed by atoms with van der Waals surface area (Å²) in [4.78, 5) is 120. The van der Waals surface area contributed by atoms with Crippen LogP contribution in [0, 0.1) is 19.7 Å². The van der Waals surface area contributed by atoms with Gasteiger partial charge >= 0.3 is 6.18 Å². The van der Waals surface area contributed by atoms with E-state index in [4.69, 9.17) is 39.8 Å². The fourth-order valence-corrected chi connectivity index (χ4v) is 11.8. The Bertz CT molecular complexity index is 5300. The van der Waals surface area contributed by atoms with Crippen molar-refractivity contribution in [1.29, 1.82) is 0 Å². The number of hydrogen-bond donors (Lipinski definition) is 11. The molecule has 29 nitrogen and oxygen atoms in total. The molecule has 13 heterocycles. The fraction of sp³-hybridized carbons (Fsp3) is 0.347. The van der Waals surface area contributed by atoms with E-state index >= 15 is 0 Å². The molecule has 0 radical (unpaired) electrons. The third kappa shape index (κ3) is 18.7. The highest BCUT2D eigenvalue weighted by Gasteiger charge is 2.44. The molecule has 0 saturated carbocycles. The highest BCUT2D eigenvalue weighted by Crippen LogP contribution is 2.37. The molecule has 1 aliphatic rings. The summed E-state index contributed by atoms with van der Waals surface area (Å²) in [6.07, 6.45) is 17.3. The number of alkyl halides is 3. The van der Waals surface area contributed by atoms with Gasteiger partial charge in [-0.05, 0) is 126 Å². The molecule has 0 aromatic carbocycles. The molecule has 36 heteroatoms. The van der Waals surface area contributed by atoms with E-state index in [2.05, 4.69) is 117 Å². The van der Waals surface area contributed by atoms with Crippen LogP contribution in [-0.4, -0.2) is 169 Å². The van der Waals surface area contributed by atoms with Gasteiger partial charge in [0.2, 0.25) is 29.6 Å². The van der Waals surface area contributed by atoms with E-state index in [9.17, 15) is 36.7 Å². The molecule has 12 aromatic heterocycles. The normalized spacial score (nSPS) is 13.8. The molecule has 0 unspecified atom stereocenters. The van der Waals surface area contributed by atoms with Crippen molar-refractivity contribution in [3.8, 4) is 45.6 Å². The van der Waals surface area contributed by atoms with E-state index in [0.29, 0.717) is 109 Å². The summed E-state index contributed by atoms with van der Waals surface area (Å²) < 4.78 is 50.7. The monoisotopic (exact) mass is 1560 g/mol. The van der Waals surface area contributed by atoms with E-state index in [-0.39, 0.29) is 36.5 Å². The Balaban J connectivity index is 0.000000761. The third-order valence-electron chi connectivity index (χ3n) is 17.2. The lowest BCUT2D eigenvalue weighted by Crippen LogP contribution is -2.53. The molecule has 13 rings (SSSR count). The zero-order valence-electron chi connectivity index (χ0n) is 61.0. The van der Waals surface area contributed by atoms with Crippen LogP contribution < -0.4 is 42.1 Å². The van der Waals surface area contributed by atoms with Crippen molar-refractivity contribution in [3.63, 3.8) is 0 Å². The Labute approximate surface area is 645 Å². The van der Waals surface area contributed by atoms with Crippen LogP contribution in [0.15, 0.2) is 105 Å². The van der Waals surface area contributed by atoms with E-state index < -0.39 is 46.6 Å². The Morgan fingerprint density at radius 2 is 0.972 bits per heavy atom. The van der Waals surface area contributed by atoms with Crippen molar-refractivity contribution >= 4 is 126 Å². The summed E-state index contributed by atoms with van der Waals surface area (Å²) >= 11 is 18.2. The zero-order chi connectivity index (χ0) is 78.0. The lowest BCUT2D eigenvalue weighted by Gasteiger charge is -2.34. The van der Waals surface area contributed by atoms with Gasteiger partial charge in [-0.3, -0.25) is 19.2 Å². The number of pyridine rings is 4. The zero-order valence-corrected chi connectivity index (χ0v) is 63.3. The average molecular weight is 1560 g/mol. The Kier molecular flexibility index (Phi) is 24.4. The number of hydrogen-bond acceptors (Lipinski definition) is 21. The van der Waals surface area contributed by atoms with Gasteiger partial charge in [0.1, 0.15) is 80.9 Å². The standard InChI is InChI=1S/C19H21ClN6O.C19H23ClN6O.C18H18ClF3N6O.C16H18FN7O.9H2/c1-3-21-18(27)19(2)6-4-8-26(19)15-5-7-22-17(25-15)14-11-24-16-13(14)9-12(20)10-23-16;1-5-6-21-18(27)19(3,4)26-15-11(2)8-22-17(25-15)14-10-24-16-13(14)7-12(20)9-23-16;1-9-5-23-15(12-7-25-14-11(12)4-10(19)6-24-14)27-13(9)28-17(2,3)16(29)26-8-18(20,21)22;1-4-18-14(25)16(2,3)24-15-22-8-21-13(23-15)11-7-20-12-10(11)5-9(17)6-19-12;;;;;;;;;/h5,7,9-11H,3-4,6,8H2,1-2H3,(H,21,27)(H,23,24);7-10H,5-6H2,1-4H3,(H,21,27)(H,23,24)(H,22,25,26);4-7H,8H2,1-3H3,(H,24,25)(H,26,29)(H,23,27,28);5-8H,4H2,1-3H3,(H,18,25)(H,19,20)(H,21,22,23,24);9*1H/t19-;;;;;;;;;;;;/m1............/s1. The number of amides is 4. The number of anilines is 4. The Morgan fingerprint density at radius 3 is 1.44 bits per heavy atom. The van der Waals surface area contributed by atoms with Crippen LogP contribution in [0.2, 0.25) is 15.1 Å². The number of carbonyl (C=O) groups is 4. The van der Waals surface area contributed by atoms with Gasteiger partial charge in [0.15, 0.2) is 23.3 Å². The van der Waals surface area contributed by atoms with Crippen LogP contribution in [0.3, 0.4) is 0 Å². The number of nitrogens with one attached hydrogen (secondary N) is 11. The predicted octanol–water partition coefficient (Wildman–Crippen LogP) is 14.8. The van der Waals surface area contributed by atoms with Crippen LogP contribution in [0.5, 0.6) is 0 Å². The van der Waals surface area contributed by atoms with E-state index in [1.807, 2.05) is 84.4 Å². The van der Waals surface area contributed by atoms with E-state index in [0.717, 1.165) is 76.3 Å². The number of rotatable bonds is 20. The van der Waals surface area contributed by atoms with Gasteiger partial charge in [-0.1, -0.05) is 41.7 Å². The summed E-state index contributed by atoms with van der Waals surface area (Å²) in [5.41, 5.74) is 3.30. The summed E-state index contributed by atoms with van der Waals surface area (Å²) in [6, 6.07) is 8.62. The molecular formula is C72H98Cl3F4N25O4. The second-order valence-corrected chi connectivity index (χ2v) is 28.2. The van der Waals surface area contributed by atoms with Crippen LogP contribution >= 0.6 is 34.8 Å². The number of nitrogens with zero attached hydrogens (tertiary/aromatic N) is 14. The van der Waals surface area contributed by atoms with Crippen LogP contribution in [0.4, 0.5) is 41.0 Å². The number of H-pyrrole nitrogens is 4. The van der Waals surface area contributed by atoms with Crippen LogP contribution in [0.25, 0.3) is 89.7 Å². The second kappa shape index (κ2) is 33.2. The highest BCUT2D eigenvalue weighted by molar-refractivity contribution is 6.32. The number of aromatic nitrogens is 17. The maximum atomic E-state index is 13.5. The van der Waals surface area contributed by atoms with Crippen molar-refractivity contribution in [3.05, 3.63) is 137 Å². The van der Waals surface area contributed by atoms with Gasteiger partial charge in [-0.25, -0.2) is 64.2 Å². The number of aryl methyl sites for hydroxylation is 2. The van der Waals surface area contributed by atoms with Crippen molar-refractivity contribution in [2.24, 2.45) is 0 Å². The van der Waals surface area contributed by atoms with Gasteiger partial charge in [-0.2, -0.15) is 18.2 Å². The quantitative estimate of drug-likeness (QED) is 0.0316. The maximum absolute atomic E-state index is 13.5.